The number of nitrogens with zero attached hydrogens (tertiary/aromatic N) is 1. The summed E-state index contributed by atoms with van der Waals surface area (Å²) in [4.78, 5) is 4.60. The van der Waals surface area contributed by atoms with Gasteiger partial charge in [0.15, 0.2) is 0 Å². The van der Waals surface area contributed by atoms with Crippen LogP contribution < -0.4 is 0 Å². The molecule has 0 N–H and O–H groups in total. The lowest BCUT2D eigenvalue weighted by molar-refractivity contribution is 0.358. The normalized spacial score (nSPS) is 12.9. The number of benzene rings is 2. The van der Waals surface area contributed by atoms with E-state index >= 15 is 0 Å². The molecule has 0 amide bonds. The first-order chi connectivity index (χ1) is 13.8. The number of aromatic nitrogens is 1. The Hall–Kier alpha value is -2.52. The Kier molecular flexibility index (Phi) is 3.98. The van der Waals surface area contributed by atoms with Gasteiger partial charge in [0, 0.05) is 27.2 Å². The van der Waals surface area contributed by atoms with Crippen LogP contribution in [0.15, 0.2) is 64.5 Å². The van der Waals surface area contributed by atoms with Gasteiger partial charge < -0.3 is 4.42 Å². The molecule has 2 nitrogen and oxygen atoms in total. The summed E-state index contributed by atoms with van der Waals surface area (Å²) in [5.74, 6) is 0. The average molecular weight is 391 g/mol. The Bertz CT molecular complexity index is 1370. The van der Waals surface area contributed by atoms with Crippen LogP contribution in [0.2, 0.25) is 0 Å². The number of rotatable bonds is 2. The highest BCUT2D eigenvalue weighted by Gasteiger charge is 2.33. The molecule has 0 aliphatic carbocycles. The van der Waals surface area contributed by atoms with Crippen molar-refractivity contribution in [1.82, 2.24) is 4.98 Å². The van der Waals surface area contributed by atoms with E-state index in [0.29, 0.717) is 0 Å². The fourth-order valence-electron chi connectivity index (χ4n) is 3.72. The molecule has 5 heteroatoms. The van der Waals surface area contributed by atoms with Gasteiger partial charge in [0.05, 0.1) is 21.4 Å². The van der Waals surface area contributed by atoms with Crippen molar-refractivity contribution in [2.45, 2.75) is 26.0 Å². The van der Waals surface area contributed by atoms with Crippen LogP contribution in [0, 0.1) is 5.41 Å². The zero-order valence-electron chi connectivity index (χ0n) is 16.7. The van der Waals surface area contributed by atoms with Gasteiger partial charge in [-0.1, -0.05) is 43.7 Å². The largest absolute Gasteiger partial charge is 0.455 e. The maximum atomic E-state index is 6.51. The summed E-state index contributed by atoms with van der Waals surface area (Å²) >= 11 is 1.74. The molecule has 0 atom stereocenters. The topological polar surface area (TPSA) is 26.0 Å². The van der Waals surface area contributed by atoms with Crippen LogP contribution in [-0.4, -0.2) is 20.7 Å². The summed E-state index contributed by atoms with van der Waals surface area (Å²) in [5.41, 5.74) is 4.01. The van der Waals surface area contributed by atoms with Crippen LogP contribution in [0.25, 0.3) is 43.3 Å². The van der Waals surface area contributed by atoms with E-state index in [1.807, 2.05) is 45.0 Å². The summed E-state index contributed by atoms with van der Waals surface area (Å²) in [6, 6.07) is 16.5. The van der Waals surface area contributed by atoms with Crippen molar-refractivity contribution in [2.24, 2.45) is 5.41 Å². The van der Waals surface area contributed by atoms with Gasteiger partial charge in [-0.3, -0.25) is 4.98 Å². The molecule has 0 spiro atoms. The maximum absolute atomic E-state index is 6.51. The van der Waals surface area contributed by atoms with Gasteiger partial charge in [0.25, 0.3) is 0 Å². The van der Waals surface area contributed by atoms with Gasteiger partial charge in [0.1, 0.15) is 11.2 Å². The molecule has 5 aromatic rings. The first-order valence-electron chi connectivity index (χ1n) is 9.63. The van der Waals surface area contributed by atoms with Gasteiger partial charge in [0.2, 0.25) is 0 Å². The van der Waals surface area contributed by atoms with E-state index in [2.05, 4.69) is 34.6 Å². The molecule has 2 aromatic carbocycles. The zero-order valence-corrected chi connectivity index (χ0v) is 17.5. The van der Waals surface area contributed by atoms with Gasteiger partial charge in [-0.05, 0) is 52.6 Å². The molecule has 138 valence electrons. The molecule has 0 unspecified atom stereocenters. The van der Waals surface area contributed by atoms with Crippen LogP contribution in [0.3, 0.4) is 0 Å². The standard InChI is InChI=1S/C24H19B2NOS/c1-23(2,3)24(25,26)15-7-9-27-19(12-15)17-6-4-5-16-18-13-21-14(8-10-29-21)11-20(18)28-22(16)17/h4-13H,1-3H3. The van der Waals surface area contributed by atoms with Gasteiger partial charge in [-0.2, -0.15) is 0 Å². The molecule has 4 radical (unpaired) electrons. The van der Waals surface area contributed by atoms with Gasteiger partial charge >= 0.3 is 0 Å². The van der Waals surface area contributed by atoms with Gasteiger partial charge in [-0.25, -0.2) is 0 Å². The minimum atomic E-state index is -0.975. The van der Waals surface area contributed by atoms with Crippen LogP contribution in [0.1, 0.15) is 26.3 Å². The molecule has 0 aliphatic rings. The molecule has 0 bridgehead atoms. The smallest absolute Gasteiger partial charge is 0.144 e. The molecule has 0 saturated carbocycles. The van der Waals surface area contributed by atoms with Crippen LogP contribution in [-0.2, 0) is 5.21 Å². The molecule has 0 saturated heterocycles. The van der Waals surface area contributed by atoms with Crippen LogP contribution in [0.4, 0.5) is 0 Å². The minimum absolute atomic E-state index is 0.303. The second-order valence-electron chi connectivity index (χ2n) is 8.64. The van der Waals surface area contributed by atoms with Crippen molar-refractivity contribution in [3.8, 4) is 11.3 Å². The third kappa shape index (κ3) is 2.83. The Balaban J connectivity index is 1.73. The zero-order chi connectivity index (χ0) is 20.4. The first-order valence-corrected chi connectivity index (χ1v) is 10.5. The van der Waals surface area contributed by atoms with Crippen LogP contribution in [0.5, 0.6) is 0 Å². The highest BCUT2D eigenvalue weighted by Crippen LogP contribution is 2.40. The predicted octanol–water partition coefficient (Wildman–Crippen LogP) is 6.40. The molecule has 0 fully saturated rings. The molecular weight excluding hydrogens is 372 g/mol. The number of pyridine rings is 1. The Labute approximate surface area is 176 Å². The molecule has 29 heavy (non-hydrogen) atoms. The molecule has 0 aliphatic heterocycles. The molecule has 3 aromatic heterocycles. The lowest BCUT2D eigenvalue weighted by Crippen LogP contribution is -2.41. The van der Waals surface area contributed by atoms with E-state index in [1.165, 1.54) is 10.1 Å². The summed E-state index contributed by atoms with van der Waals surface area (Å²) in [6.45, 7) is 6.12. The Morgan fingerprint density at radius 3 is 2.59 bits per heavy atom. The minimum Gasteiger partial charge on any atom is -0.455 e. The first kappa shape index (κ1) is 18.5. The second kappa shape index (κ2) is 6.24. The van der Waals surface area contributed by atoms with Crippen molar-refractivity contribution in [3.05, 3.63) is 65.7 Å². The molecule has 5 rings (SSSR count). The van der Waals surface area contributed by atoms with Gasteiger partial charge in [-0.15, -0.1) is 11.3 Å². The maximum Gasteiger partial charge on any atom is 0.144 e. The van der Waals surface area contributed by atoms with E-state index in [0.717, 1.165) is 38.8 Å². The number of fused-ring (bicyclic) bond motifs is 4. The number of furan rings is 1. The summed E-state index contributed by atoms with van der Waals surface area (Å²) in [6.07, 6.45) is 1.77. The van der Waals surface area contributed by atoms with Crippen LogP contribution >= 0.6 is 11.3 Å². The number of thiophene rings is 1. The molecular formula is C24H19B2NOS. The van der Waals surface area contributed by atoms with E-state index in [1.54, 1.807) is 17.5 Å². The summed E-state index contributed by atoms with van der Waals surface area (Å²) in [7, 11) is 13.0. The predicted molar refractivity (Wildman–Crippen MR) is 125 cm³/mol. The van der Waals surface area contributed by atoms with E-state index in [-0.39, 0.29) is 5.41 Å². The number of hydrogen-bond acceptors (Lipinski definition) is 3. The lowest BCUT2D eigenvalue weighted by Gasteiger charge is -2.40. The third-order valence-corrected chi connectivity index (χ3v) is 6.71. The third-order valence-electron chi connectivity index (χ3n) is 5.83. The lowest BCUT2D eigenvalue weighted by atomic mass is 9.41. The number of para-hydroxylation sites is 1. The monoisotopic (exact) mass is 391 g/mol. The van der Waals surface area contributed by atoms with E-state index in [4.69, 9.17) is 20.1 Å². The fourth-order valence-corrected chi connectivity index (χ4v) is 4.53. The van der Waals surface area contributed by atoms with Crippen molar-refractivity contribution in [1.29, 1.82) is 0 Å². The molecule has 3 heterocycles. The van der Waals surface area contributed by atoms with Crippen molar-refractivity contribution in [2.75, 3.05) is 0 Å². The van der Waals surface area contributed by atoms with E-state index in [9.17, 15) is 0 Å². The van der Waals surface area contributed by atoms with Crippen molar-refractivity contribution >= 4 is 59.1 Å². The highest BCUT2D eigenvalue weighted by molar-refractivity contribution is 7.17. The van der Waals surface area contributed by atoms with E-state index < -0.39 is 5.21 Å². The Morgan fingerprint density at radius 2 is 1.79 bits per heavy atom. The van der Waals surface area contributed by atoms with Crippen molar-refractivity contribution < 1.29 is 4.42 Å². The quantitative estimate of drug-likeness (QED) is 0.326. The fraction of sp³-hybridized carbons (Fsp3) is 0.208. The Morgan fingerprint density at radius 1 is 0.966 bits per heavy atom. The summed E-state index contributed by atoms with van der Waals surface area (Å²) in [5, 5.41) is 4.53. The highest BCUT2D eigenvalue weighted by atomic mass is 32.1. The average Bonchev–Trinajstić information content (AvgIpc) is 3.28. The van der Waals surface area contributed by atoms with Crippen molar-refractivity contribution in [3.63, 3.8) is 0 Å². The second-order valence-corrected chi connectivity index (χ2v) is 9.59. The SMILES string of the molecule is [B]C([B])(c1ccnc(-c2cccc3c2oc2cc4ccsc4cc23)c1)C(C)(C)C. The number of hydrogen-bond donors (Lipinski definition) is 0. The summed E-state index contributed by atoms with van der Waals surface area (Å²) < 4.78 is 7.57.